The molecule has 3 nitrogen and oxygen atoms in total. The SMILES string of the molecule is CC1(C)CN(c2ncccc2N)C1. The third-order valence-electron chi connectivity index (χ3n) is 2.35. The molecule has 2 heterocycles. The van der Waals surface area contributed by atoms with Gasteiger partial charge in [-0.3, -0.25) is 0 Å². The van der Waals surface area contributed by atoms with Crippen LogP contribution in [0.1, 0.15) is 13.8 Å². The van der Waals surface area contributed by atoms with E-state index in [9.17, 15) is 0 Å². The summed E-state index contributed by atoms with van der Waals surface area (Å²) in [6.45, 7) is 6.60. The van der Waals surface area contributed by atoms with Crippen molar-refractivity contribution in [1.82, 2.24) is 4.98 Å². The third-order valence-corrected chi connectivity index (χ3v) is 2.35. The summed E-state index contributed by atoms with van der Waals surface area (Å²) < 4.78 is 0. The lowest BCUT2D eigenvalue weighted by Gasteiger charge is -2.46. The number of hydrogen-bond acceptors (Lipinski definition) is 3. The highest BCUT2D eigenvalue weighted by Crippen LogP contribution is 2.34. The van der Waals surface area contributed by atoms with Gasteiger partial charge in [0, 0.05) is 19.3 Å². The molecule has 0 aliphatic carbocycles. The molecule has 1 fully saturated rings. The van der Waals surface area contributed by atoms with E-state index >= 15 is 0 Å². The van der Waals surface area contributed by atoms with Crippen LogP contribution in [-0.2, 0) is 0 Å². The quantitative estimate of drug-likeness (QED) is 0.707. The normalized spacial score (nSPS) is 19.7. The number of rotatable bonds is 1. The highest BCUT2D eigenvalue weighted by Gasteiger charge is 2.35. The van der Waals surface area contributed by atoms with E-state index in [2.05, 4.69) is 23.7 Å². The van der Waals surface area contributed by atoms with Crippen molar-refractivity contribution in [2.24, 2.45) is 5.41 Å². The maximum atomic E-state index is 5.82. The zero-order valence-corrected chi connectivity index (χ0v) is 8.12. The smallest absolute Gasteiger partial charge is 0.151 e. The minimum Gasteiger partial charge on any atom is -0.396 e. The number of pyridine rings is 1. The molecule has 1 saturated heterocycles. The fourth-order valence-corrected chi connectivity index (χ4v) is 1.81. The average molecular weight is 177 g/mol. The van der Waals surface area contributed by atoms with Crippen LogP contribution in [0.25, 0.3) is 0 Å². The lowest BCUT2D eigenvalue weighted by Crippen LogP contribution is -2.53. The molecule has 0 unspecified atom stereocenters. The number of anilines is 2. The van der Waals surface area contributed by atoms with Crippen LogP contribution in [0.4, 0.5) is 11.5 Å². The van der Waals surface area contributed by atoms with Crippen LogP contribution in [-0.4, -0.2) is 18.1 Å². The van der Waals surface area contributed by atoms with Gasteiger partial charge < -0.3 is 10.6 Å². The minimum absolute atomic E-state index is 0.421. The summed E-state index contributed by atoms with van der Waals surface area (Å²) in [6.07, 6.45) is 1.79. The Hall–Kier alpha value is -1.25. The Balaban J connectivity index is 2.16. The van der Waals surface area contributed by atoms with Crippen LogP contribution >= 0.6 is 0 Å². The first-order chi connectivity index (χ1) is 6.08. The topological polar surface area (TPSA) is 42.2 Å². The average Bonchev–Trinajstić information content (AvgIpc) is 2.01. The van der Waals surface area contributed by atoms with Crippen molar-refractivity contribution in [1.29, 1.82) is 0 Å². The van der Waals surface area contributed by atoms with Crippen LogP contribution in [0.5, 0.6) is 0 Å². The summed E-state index contributed by atoms with van der Waals surface area (Å²) in [5.74, 6) is 0.932. The summed E-state index contributed by atoms with van der Waals surface area (Å²) in [7, 11) is 0. The Morgan fingerprint density at radius 3 is 2.69 bits per heavy atom. The van der Waals surface area contributed by atoms with Gasteiger partial charge in [0.25, 0.3) is 0 Å². The molecular weight excluding hydrogens is 162 g/mol. The lowest BCUT2D eigenvalue weighted by molar-refractivity contribution is 0.275. The number of hydrogen-bond donors (Lipinski definition) is 1. The van der Waals surface area contributed by atoms with E-state index in [0.717, 1.165) is 24.6 Å². The second-order valence-electron chi connectivity index (χ2n) is 4.44. The molecule has 0 atom stereocenters. The monoisotopic (exact) mass is 177 g/mol. The van der Waals surface area contributed by atoms with Gasteiger partial charge in [0.15, 0.2) is 5.82 Å². The standard InChI is InChI=1S/C10H15N3/c1-10(2)6-13(7-10)9-8(11)4-3-5-12-9/h3-5H,6-7,11H2,1-2H3. The first-order valence-corrected chi connectivity index (χ1v) is 4.54. The first-order valence-electron chi connectivity index (χ1n) is 4.54. The second kappa shape index (κ2) is 2.62. The summed E-state index contributed by atoms with van der Waals surface area (Å²) in [4.78, 5) is 6.48. The predicted molar refractivity (Wildman–Crippen MR) is 54.6 cm³/mol. The molecule has 1 aliphatic rings. The Bertz CT molecular complexity index is 312. The first kappa shape index (κ1) is 8.35. The highest BCUT2D eigenvalue weighted by atomic mass is 15.3. The van der Waals surface area contributed by atoms with Gasteiger partial charge >= 0.3 is 0 Å². The predicted octanol–water partition coefficient (Wildman–Crippen LogP) is 1.51. The Kier molecular flexibility index (Phi) is 1.68. The van der Waals surface area contributed by atoms with E-state index in [1.165, 1.54) is 0 Å². The van der Waals surface area contributed by atoms with Crippen LogP contribution < -0.4 is 10.6 Å². The lowest BCUT2D eigenvalue weighted by atomic mass is 9.84. The van der Waals surface area contributed by atoms with Crippen molar-refractivity contribution in [3.8, 4) is 0 Å². The minimum atomic E-state index is 0.421. The Morgan fingerprint density at radius 2 is 2.15 bits per heavy atom. The molecule has 0 saturated carbocycles. The molecule has 1 aliphatic heterocycles. The zero-order chi connectivity index (χ0) is 9.47. The van der Waals surface area contributed by atoms with Crippen molar-refractivity contribution in [2.45, 2.75) is 13.8 Å². The molecular formula is C10H15N3. The second-order valence-corrected chi connectivity index (χ2v) is 4.44. The van der Waals surface area contributed by atoms with Crippen LogP contribution in [0.2, 0.25) is 0 Å². The van der Waals surface area contributed by atoms with Crippen molar-refractivity contribution in [2.75, 3.05) is 23.7 Å². The van der Waals surface area contributed by atoms with Gasteiger partial charge in [-0.25, -0.2) is 4.98 Å². The molecule has 13 heavy (non-hydrogen) atoms. The summed E-state index contributed by atoms with van der Waals surface area (Å²) in [5.41, 5.74) is 7.01. The van der Waals surface area contributed by atoms with Gasteiger partial charge in [0.05, 0.1) is 5.69 Å². The maximum Gasteiger partial charge on any atom is 0.151 e. The fourth-order valence-electron chi connectivity index (χ4n) is 1.81. The van der Waals surface area contributed by atoms with Gasteiger partial charge in [-0.05, 0) is 17.5 Å². The van der Waals surface area contributed by atoms with Crippen LogP contribution in [0, 0.1) is 5.41 Å². The molecule has 2 rings (SSSR count). The van der Waals surface area contributed by atoms with Crippen LogP contribution in [0.3, 0.4) is 0 Å². The summed E-state index contributed by atoms with van der Waals surface area (Å²) in [5, 5.41) is 0. The molecule has 0 radical (unpaired) electrons. The van der Waals surface area contributed by atoms with Crippen molar-refractivity contribution in [3.63, 3.8) is 0 Å². The van der Waals surface area contributed by atoms with E-state index < -0.39 is 0 Å². The van der Waals surface area contributed by atoms with Crippen molar-refractivity contribution >= 4 is 11.5 Å². The molecule has 2 N–H and O–H groups in total. The highest BCUT2D eigenvalue weighted by molar-refractivity contribution is 5.63. The van der Waals surface area contributed by atoms with Crippen molar-refractivity contribution < 1.29 is 0 Å². The summed E-state index contributed by atoms with van der Waals surface area (Å²) in [6, 6.07) is 3.76. The molecule has 1 aromatic heterocycles. The molecule has 0 bridgehead atoms. The van der Waals surface area contributed by atoms with E-state index in [0.29, 0.717) is 5.41 Å². The number of nitrogens with two attached hydrogens (primary N) is 1. The third kappa shape index (κ3) is 1.46. The largest absolute Gasteiger partial charge is 0.396 e. The van der Waals surface area contributed by atoms with E-state index in [1.807, 2.05) is 12.1 Å². The zero-order valence-electron chi connectivity index (χ0n) is 8.12. The number of aromatic nitrogens is 1. The molecule has 70 valence electrons. The molecule has 0 amide bonds. The summed E-state index contributed by atoms with van der Waals surface area (Å²) >= 11 is 0. The number of nitrogen functional groups attached to an aromatic ring is 1. The van der Waals surface area contributed by atoms with Gasteiger partial charge in [-0.2, -0.15) is 0 Å². The maximum absolute atomic E-state index is 5.82. The number of nitrogens with zero attached hydrogens (tertiary/aromatic N) is 2. The van der Waals surface area contributed by atoms with Gasteiger partial charge in [0.1, 0.15) is 0 Å². The molecule has 1 aromatic rings. The van der Waals surface area contributed by atoms with E-state index in [1.54, 1.807) is 6.20 Å². The Labute approximate surface area is 78.6 Å². The van der Waals surface area contributed by atoms with Gasteiger partial charge in [-0.1, -0.05) is 13.8 Å². The molecule has 3 heteroatoms. The molecule has 0 spiro atoms. The Morgan fingerprint density at radius 1 is 1.46 bits per heavy atom. The van der Waals surface area contributed by atoms with E-state index in [-0.39, 0.29) is 0 Å². The fraction of sp³-hybridized carbons (Fsp3) is 0.500. The van der Waals surface area contributed by atoms with Crippen molar-refractivity contribution in [3.05, 3.63) is 18.3 Å². The van der Waals surface area contributed by atoms with Gasteiger partial charge in [-0.15, -0.1) is 0 Å². The van der Waals surface area contributed by atoms with E-state index in [4.69, 9.17) is 5.73 Å². The van der Waals surface area contributed by atoms with Crippen LogP contribution in [0.15, 0.2) is 18.3 Å². The molecule has 0 aromatic carbocycles. The van der Waals surface area contributed by atoms with Gasteiger partial charge in [0.2, 0.25) is 0 Å².